The molecule has 1 atom stereocenters. The molecule has 5 heteroatoms. The van der Waals surface area contributed by atoms with Crippen LogP contribution in [0, 0.1) is 0 Å². The number of likely N-dealkylation sites (N-methyl/N-ethyl adjacent to an activating group) is 1. The molecular formula is C14H18N4O. The van der Waals surface area contributed by atoms with Crippen LogP contribution in [0.25, 0.3) is 11.0 Å². The molecule has 5 nitrogen and oxygen atoms in total. The first-order valence-electron chi connectivity index (χ1n) is 6.65. The first kappa shape index (κ1) is 12.2. The van der Waals surface area contributed by atoms with Crippen LogP contribution in [0.5, 0.6) is 0 Å². The summed E-state index contributed by atoms with van der Waals surface area (Å²) in [6, 6.07) is 5.80. The van der Waals surface area contributed by atoms with Crippen molar-refractivity contribution in [3.63, 3.8) is 0 Å². The van der Waals surface area contributed by atoms with Crippen LogP contribution in [-0.2, 0) is 0 Å². The summed E-state index contributed by atoms with van der Waals surface area (Å²) < 4.78 is 0. The molecular weight excluding hydrogens is 240 g/mol. The molecule has 0 aliphatic carbocycles. The van der Waals surface area contributed by atoms with E-state index in [9.17, 15) is 4.79 Å². The lowest BCUT2D eigenvalue weighted by Crippen LogP contribution is -2.46. The number of H-pyrrole nitrogens is 1. The molecule has 1 unspecified atom stereocenters. The van der Waals surface area contributed by atoms with E-state index in [4.69, 9.17) is 0 Å². The predicted octanol–water partition coefficient (Wildman–Crippen LogP) is 1.39. The van der Waals surface area contributed by atoms with Gasteiger partial charge in [0.15, 0.2) is 0 Å². The van der Waals surface area contributed by atoms with Crippen molar-refractivity contribution >= 4 is 16.9 Å². The lowest BCUT2D eigenvalue weighted by Gasteiger charge is -2.30. The van der Waals surface area contributed by atoms with Gasteiger partial charge < -0.3 is 15.2 Å². The van der Waals surface area contributed by atoms with Crippen molar-refractivity contribution in [1.82, 2.24) is 20.2 Å². The summed E-state index contributed by atoms with van der Waals surface area (Å²) in [5.41, 5.74) is 2.47. The molecule has 19 heavy (non-hydrogen) atoms. The fourth-order valence-corrected chi connectivity index (χ4v) is 2.63. The molecule has 0 saturated carbocycles. The monoisotopic (exact) mass is 258 g/mol. The Labute approximate surface area is 112 Å². The Kier molecular flexibility index (Phi) is 3.21. The molecule has 2 aromatic rings. The van der Waals surface area contributed by atoms with Gasteiger partial charge in [-0.05, 0) is 44.6 Å². The second-order valence-electron chi connectivity index (χ2n) is 5.21. The van der Waals surface area contributed by atoms with E-state index in [1.165, 1.54) is 0 Å². The van der Waals surface area contributed by atoms with Crippen LogP contribution < -0.4 is 5.32 Å². The Morgan fingerprint density at radius 1 is 1.53 bits per heavy atom. The van der Waals surface area contributed by atoms with Crippen molar-refractivity contribution in [2.24, 2.45) is 0 Å². The normalized spacial score (nSPS) is 20.6. The van der Waals surface area contributed by atoms with Gasteiger partial charge in [0.1, 0.15) is 0 Å². The summed E-state index contributed by atoms with van der Waals surface area (Å²) in [6.07, 6.45) is 3.84. The number of hydrogen-bond donors (Lipinski definition) is 2. The van der Waals surface area contributed by atoms with Crippen LogP contribution in [0.4, 0.5) is 0 Å². The number of aromatic nitrogens is 2. The first-order valence-corrected chi connectivity index (χ1v) is 6.65. The van der Waals surface area contributed by atoms with Gasteiger partial charge in [-0.25, -0.2) is 4.98 Å². The van der Waals surface area contributed by atoms with E-state index in [1.807, 2.05) is 18.2 Å². The Balaban J connectivity index is 1.72. The number of rotatable bonds is 2. The highest BCUT2D eigenvalue weighted by atomic mass is 16.1. The lowest BCUT2D eigenvalue weighted by atomic mass is 10.1. The molecule has 3 rings (SSSR count). The molecule has 1 aromatic carbocycles. The summed E-state index contributed by atoms with van der Waals surface area (Å²) in [7, 11) is 2.09. The van der Waals surface area contributed by atoms with E-state index >= 15 is 0 Å². The molecule has 0 radical (unpaired) electrons. The largest absolute Gasteiger partial charge is 0.348 e. The van der Waals surface area contributed by atoms with Crippen LogP contribution in [0.15, 0.2) is 24.5 Å². The zero-order chi connectivity index (χ0) is 13.2. The van der Waals surface area contributed by atoms with Crippen molar-refractivity contribution in [3.05, 3.63) is 30.1 Å². The molecule has 2 N–H and O–H groups in total. The van der Waals surface area contributed by atoms with Gasteiger partial charge in [-0.3, -0.25) is 4.79 Å². The van der Waals surface area contributed by atoms with Crippen LogP contribution in [-0.4, -0.2) is 47.0 Å². The summed E-state index contributed by atoms with van der Waals surface area (Å²) in [6.45, 7) is 2.05. The molecule has 1 aliphatic rings. The Morgan fingerprint density at radius 3 is 3.26 bits per heavy atom. The number of imidazole rings is 1. The van der Waals surface area contributed by atoms with Crippen molar-refractivity contribution < 1.29 is 4.79 Å². The molecule has 1 aromatic heterocycles. The number of amides is 1. The fourth-order valence-electron chi connectivity index (χ4n) is 2.63. The van der Waals surface area contributed by atoms with Gasteiger partial charge in [0, 0.05) is 18.2 Å². The van der Waals surface area contributed by atoms with Gasteiger partial charge in [0.2, 0.25) is 0 Å². The molecule has 0 bridgehead atoms. The maximum Gasteiger partial charge on any atom is 0.251 e. The first-order chi connectivity index (χ1) is 9.22. The number of nitrogens with zero attached hydrogens (tertiary/aromatic N) is 2. The highest BCUT2D eigenvalue weighted by Gasteiger charge is 2.19. The van der Waals surface area contributed by atoms with Crippen LogP contribution in [0.2, 0.25) is 0 Å². The number of carbonyl (C=O) groups excluding carboxylic acids is 1. The van der Waals surface area contributed by atoms with Gasteiger partial charge >= 0.3 is 0 Å². The van der Waals surface area contributed by atoms with Crippen LogP contribution >= 0.6 is 0 Å². The van der Waals surface area contributed by atoms with E-state index < -0.39 is 0 Å². The molecule has 1 aliphatic heterocycles. The van der Waals surface area contributed by atoms with Crippen LogP contribution in [0.1, 0.15) is 23.2 Å². The SMILES string of the molecule is CN1CCCC(NC(=O)c2ccc3nc[nH]c3c2)C1. The second kappa shape index (κ2) is 5.01. The Bertz CT molecular complexity index is 592. The van der Waals surface area contributed by atoms with E-state index in [0.717, 1.165) is 37.0 Å². The zero-order valence-corrected chi connectivity index (χ0v) is 11.0. The number of piperidine rings is 1. The average molecular weight is 258 g/mol. The van der Waals surface area contributed by atoms with Crippen molar-refractivity contribution in [2.45, 2.75) is 18.9 Å². The minimum absolute atomic E-state index is 0.00296. The zero-order valence-electron chi connectivity index (χ0n) is 11.0. The molecule has 1 fully saturated rings. The number of carbonyl (C=O) groups is 1. The standard InChI is InChI=1S/C14H18N4O/c1-18-6-2-3-11(8-18)17-14(19)10-4-5-12-13(7-10)16-9-15-12/h4-5,7,9,11H,2-3,6,8H2,1H3,(H,15,16)(H,17,19). The predicted molar refractivity (Wildman–Crippen MR) is 74.1 cm³/mol. The molecule has 2 heterocycles. The number of likely N-dealkylation sites (tertiary alicyclic amines) is 1. The smallest absolute Gasteiger partial charge is 0.251 e. The van der Waals surface area contributed by atoms with Gasteiger partial charge in [-0.15, -0.1) is 0 Å². The number of nitrogens with one attached hydrogen (secondary N) is 2. The third-order valence-corrected chi connectivity index (χ3v) is 3.64. The molecule has 1 saturated heterocycles. The van der Waals surface area contributed by atoms with E-state index in [0.29, 0.717) is 5.56 Å². The van der Waals surface area contributed by atoms with E-state index in [-0.39, 0.29) is 11.9 Å². The molecule has 1 amide bonds. The maximum atomic E-state index is 12.2. The minimum atomic E-state index is -0.00296. The van der Waals surface area contributed by atoms with Crippen molar-refractivity contribution in [3.8, 4) is 0 Å². The Hall–Kier alpha value is -1.88. The number of aromatic amines is 1. The summed E-state index contributed by atoms with van der Waals surface area (Å²) in [4.78, 5) is 21.7. The topological polar surface area (TPSA) is 61.0 Å². The maximum absolute atomic E-state index is 12.2. The summed E-state index contributed by atoms with van der Waals surface area (Å²) in [5.74, 6) is -0.00296. The van der Waals surface area contributed by atoms with Gasteiger partial charge in [0.25, 0.3) is 5.91 Å². The van der Waals surface area contributed by atoms with E-state index in [1.54, 1.807) is 6.33 Å². The van der Waals surface area contributed by atoms with Gasteiger partial charge in [-0.1, -0.05) is 0 Å². The Morgan fingerprint density at radius 2 is 2.42 bits per heavy atom. The van der Waals surface area contributed by atoms with E-state index in [2.05, 4.69) is 27.2 Å². The molecule has 100 valence electrons. The molecule has 0 spiro atoms. The lowest BCUT2D eigenvalue weighted by molar-refractivity contribution is 0.0912. The van der Waals surface area contributed by atoms with Gasteiger partial charge in [-0.2, -0.15) is 0 Å². The number of benzene rings is 1. The van der Waals surface area contributed by atoms with Gasteiger partial charge in [0.05, 0.1) is 17.4 Å². The van der Waals surface area contributed by atoms with Crippen LogP contribution in [0.3, 0.4) is 0 Å². The van der Waals surface area contributed by atoms with Crippen molar-refractivity contribution in [1.29, 1.82) is 0 Å². The summed E-state index contributed by atoms with van der Waals surface area (Å²) >= 11 is 0. The second-order valence-corrected chi connectivity index (χ2v) is 5.21. The highest BCUT2D eigenvalue weighted by Crippen LogP contribution is 2.13. The average Bonchev–Trinajstić information content (AvgIpc) is 2.85. The third kappa shape index (κ3) is 2.61. The van der Waals surface area contributed by atoms with Crippen molar-refractivity contribution in [2.75, 3.05) is 20.1 Å². The minimum Gasteiger partial charge on any atom is -0.348 e. The quantitative estimate of drug-likeness (QED) is 0.855. The third-order valence-electron chi connectivity index (χ3n) is 3.64. The highest BCUT2D eigenvalue weighted by molar-refractivity contribution is 5.97. The summed E-state index contributed by atoms with van der Waals surface area (Å²) in [5, 5.41) is 3.11. The number of fused-ring (bicyclic) bond motifs is 1. The fraction of sp³-hybridized carbons (Fsp3) is 0.429. The number of hydrogen-bond acceptors (Lipinski definition) is 3.